The molecule has 0 aliphatic heterocycles. The molecule has 1 aliphatic rings. The second kappa shape index (κ2) is 5.98. The molecule has 1 atom stereocenters. The summed E-state index contributed by atoms with van der Waals surface area (Å²) in [7, 11) is 0. The van der Waals surface area contributed by atoms with Gasteiger partial charge in [-0.25, -0.2) is 0 Å². The summed E-state index contributed by atoms with van der Waals surface area (Å²) >= 11 is -3.92. The molecule has 0 fully saturated rings. The van der Waals surface area contributed by atoms with Gasteiger partial charge in [-0.2, -0.15) is 0 Å². The molecule has 2 aromatic rings. The third-order valence-electron chi connectivity index (χ3n) is 7.41. The molecule has 0 radical (unpaired) electrons. The van der Waals surface area contributed by atoms with Gasteiger partial charge in [-0.3, -0.25) is 0 Å². The molecule has 1 unspecified atom stereocenters. The van der Waals surface area contributed by atoms with Crippen LogP contribution in [0.1, 0.15) is 35.5 Å². The van der Waals surface area contributed by atoms with Crippen LogP contribution in [0.15, 0.2) is 48.7 Å². The van der Waals surface area contributed by atoms with E-state index in [1.165, 1.54) is 14.5 Å². The van der Waals surface area contributed by atoms with Crippen molar-refractivity contribution in [2.45, 2.75) is 36.8 Å². The van der Waals surface area contributed by atoms with Crippen LogP contribution >= 0.6 is 24.8 Å². The zero-order valence-electron chi connectivity index (χ0n) is 15.3. The predicted molar refractivity (Wildman–Crippen MR) is 113 cm³/mol. The largest absolute Gasteiger partial charge is 0.147 e. The number of rotatable bonds is 2. The second-order valence-corrected chi connectivity index (χ2v) is 49.5. The van der Waals surface area contributed by atoms with Crippen molar-refractivity contribution in [2.24, 2.45) is 0 Å². The molecule has 1 N–H and O–H groups in total. The first-order valence-corrected chi connectivity index (χ1v) is 22.9. The summed E-state index contributed by atoms with van der Waals surface area (Å²) in [5, 5.41) is 0. The van der Waals surface area contributed by atoms with Gasteiger partial charge in [-0.15, -0.1) is 24.8 Å². The number of allylic oxidation sites excluding steroid dienone is 1. The Bertz CT molecular complexity index is 854. The van der Waals surface area contributed by atoms with E-state index in [0.29, 0.717) is 3.63 Å². The first-order valence-electron chi connectivity index (χ1n) is 8.21. The summed E-state index contributed by atoms with van der Waals surface area (Å²) in [6, 6.07) is 13.4. The van der Waals surface area contributed by atoms with Crippen LogP contribution in [0.3, 0.4) is 0 Å². The van der Waals surface area contributed by atoms with E-state index in [-0.39, 0.29) is 27.9 Å². The number of H-pyrrole nitrogens is 1. The van der Waals surface area contributed by atoms with E-state index in [2.05, 4.69) is 96.6 Å². The Morgan fingerprint density at radius 1 is 1.00 bits per heavy atom. The topological polar surface area (TPSA) is 15.8 Å². The molecule has 1 nitrogen and oxygen atoms in total. The van der Waals surface area contributed by atoms with Crippen LogP contribution in [0.25, 0.3) is 6.08 Å². The van der Waals surface area contributed by atoms with Crippen LogP contribution in [0.4, 0.5) is 0 Å². The number of nitrogens with one attached hydrogen (secondary N) is 1. The summed E-state index contributed by atoms with van der Waals surface area (Å²) in [4.78, 5) is 3.64. The number of aromatic nitrogens is 1. The Balaban J connectivity index is 0.00000144. The Kier molecular flexibility index (Phi) is 5.47. The average molecular weight is 463 g/mol. The smallest absolute Gasteiger partial charge is 0.147 e. The van der Waals surface area contributed by atoms with Crippen molar-refractivity contribution < 1.29 is 15.9 Å². The molecule has 0 bridgehead atoms. The summed E-state index contributed by atoms with van der Waals surface area (Å²) in [6.45, 7) is 9.70. The van der Waals surface area contributed by atoms with E-state index in [9.17, 15) is 0 Å². The minimum Gasteiger partial charge on any atom is -0.147 e. The van der Waals surface area contributed by atoms with Gasteiger partial charge in [-0.1, -0.05) is 0 Å². The number of aromatic amines is 1. The summed E-state index contributed by atoms with van der Waals surface area (Å²) in [6.07, 6.45) is 6.92. The van der Waals surface area contributed by atoms with Crippen LogP contribution in [-0.4, -0.2) is 11.9 Å². The van der Waals surface area contributed by atoms with E-state index in [1.807, 2.05) is 0 Å². The van der Waals surface area contributed by atoms with Crippen molar-refractivity contribution >= 4 is 41.2 Å². The predicted octanol–water partition coefficient (Wildman–Crippen LogP) is 5.34. The maximum Gasteiger partial charge on any atom is -0.147 e. The molecule has 3 rings (SSSR count). The molecular weight excluding hydrogens is 432 g/mol. The van der Waals surface area contributed by atoms with Gasteiger partial charge in [0.2, 0.25) is 0 Å². The second-order valence-electron chi connectivity index (χ2n) is 9.56. The third-order valence-corrected chi connectivity index (χ3v) is 45.2. The zero-order valence-corrected chi connectivity index (χ0v) is 20.8. The number of hydrogen-bond acceptors (Lipinski definition) is 0. The summed E-state index contributed by atoms with van der Waals surface area (Å²) in [5.41, 5.74) is 2.92. The van der Waals surface area contributed by atoms with E-state index < -0.39 is 15.9 Å². The van der Waals surface area contributed by atoms with Gasteiger partial charge < -0.3 is 0 Å². The SMILES string of the molecule is C[C](C)(C)[Zr]([CH3])([CH3])(=[SiH2])([c]1ccc[nH]1)[CH]1C=Cc2ccccc21.Cl.Cl. The molecule has 0 amide bonds. The van der Waals surface area contributed by atoms with E-state index in [4.69, 9.17) is 0 Å². The fourth-order valence-electron chi connectivity index (χ4n) is 4.14. The number of halogens is 2. The average Bonchev–Trinajstić information content (AvgIpc) is 3.08. The summed E-state index contributed by atoms with van der Waals surface area (Å²) in [5.74, 6) is 0. The zero-order chi connectivity index (χ0) is 16.3. The van der Waals surface area contributed by atoms with Gasteiger partial charge in [0.25, 0.3) is 0 Å². The van der Waals surface area contributed by atoms with Gasteiger partial charge in [0.1, 0.15) is 0 Å². The van der Waals surface area contributed by atoms with Gasteiger partial charge >= 0.3 is 134 Å². The molecule has 24 heavy (non-hydrogen) atoms. The molecular formula is C19H30Cl2NSiZr. The maximum atomic E-state index is 3.64. The number of benzene rings is 1. The Morgan fingerprint density at radius 2 is 1.62 bits per heavy atom. The van der Waals surface area contributed by atoms with Crippen molar-refractivity contribution in [1.82, 2.24) is 4.98 Å². The van der Waals surface area contributed by atoms with Crippen LogP contribution in [0.5, 0.6) is 0 Å². The van der Waals surface area contributed by atoms with Crippen molar-refractivity contribution in [3.05, 3.63) is 59.8 Å². The molecule has 1 heterocycles. The molecule has 1 aromatic carbocycles. The first kappa shape index (κ1) is 22.0. The standard InChI is InChI=1S/C9H7.C4H4N.C4H9.2CH3.2ClH.H2Si.Zr/c1-2-5-9-7-3-6-8(9)4-1;1-2-4-5-3-1;1-4(2)3;;;;;;/h1-7H;1-3,5H;1-3H3;2*1H3;2*1H;1H2;. The van der Waals surface area contributed by atoms with Crippen LogP contribution < -0.4 is 3.40 Å². The Morgan fingerprint density at radius 3 is 2.17 bits per heavy atom. The van der Waals surface area contributed by atoms with Crippen LogP contribution in [-0.2, 0) is 15.9 Å². The van der Waals surface area contributed by atoms with Gasteiger partial charge in [0, 0.05) is 0 Å². The normalized spacial score (nSPS) is 19.5. The minimum atomic E-state index is -3.92. The van der Waals surface area contributed by atoms with Gasteiger partial charge in [0.15, 0.2) is 0 Å². The maximum absolute atomic E-state index is 3.92. The van der Waals surface area contributed by atoms with Crippen molar-refractivity contribution in [2.75, 3.05) is 0 Å². The fraction of sp³-hybridized carbons (Fsp3) is 0.368. The molecule has 5 heteroatoms. The van der Waals surface area contributed by atoms with Crippen LogP contribution in [0, 0.1) is 0 Å². The van der Waals surface area contributed by atoms with E-state index in [1.54, 1.807) is 0 Å². The molecule has 1 aromatic heterocycles. The third kappa shape index (κ3) is 2.50. The van der Waals surface area contributed by atoms with Crippen molar-refractivity contribution in [1.29, 1.82) is 0 Å². The molecule has 133 valence electrons. The molecule has 0 spiro atoms. The van der Waals surface area contributed by atoms with E-state index >= 15 is 0 Å². The summed E-state index contributed by atoms with van der Waals surface area (Å²) < 4.78 is 7.55. The number of fused-ring (bicyclic) bond motifs is 1. The van der Waals surface area contributed by atoms with Gasteiger partial charge in [-0.05, 0) is 0 Å². The Labute approximate surface area is 157 Å². The van der Waals surface area contributed by atoms with Crippen molar-refractivity contribution in [3.63, 3.8) is 0 Å². The van der Waals surface area contributed by atoms with Gasteiger partial charge in [0.05, 0.1) is 0 Å². The van der Waals surface area contributed by atoms with Crippen LogP contribution in [0.2, 0.25) is 12.4 Å². The minimum absolute atomic E-state index is 0. The molecule has 1 aliphatic carbocycles. The quantitative estimate of drug-likeness (QED) is 0.580. The van der Waals surface area contributed by atoms with Crippen molar-refractivity contribution in [3.8, 4) is 0 Å². The molecule has 0 saturated heterocycles. The first-order chi connectivity index (χ1) is 10.0. The van der Waals surface area contributed by atoms with E-state index in [0.717, 1.165) is 0 Å². The number of hydrogen-bond donors (Lipinski definition) is 1. The Hall–Kier alpha value is -0.0800. The fourth-order valence-corrected chi connectivity index (χ4v) is 21.5. The molecule has 0 saturated carbocycles. The monoisotopic (exact) mass is 460 g/mol.